The molecule has 1 rings (SSSR count). The summed E-state index contributed by atoms with van der Waals surface area (Å²) in [4.78, 5) is 4.50. The van der Waals surface area contributed by atoms with E-state index in [0.29, 0.717) is 6.04 Å². The Labute approximate surface area is 122 Å². The molecule has 3 nitrogen and oxygen atoms in total. The maximum Gasteiger partial charge on any atom is 0.110 e. The Balaban J connectivity index is 2.53. The molecule has 19 heavy (non-hydrogen) atoms. The van der Waals surface area contributed by atoms with Gasteiger partial charge in [0, 0.05) is 42.4 Å². The van der Waals surface area contributed by atoms with E-state index in [0.717, 1.165) is 24.8 Å². The van der Waals surface area contributed by atoms with Gasteiger partial charge in [-0.15, -0.1) is 0 Å². The third-order valence-electron chi connectivity index (χ3n) is 3.41. The molecule has 4 heteroatoms. The Hall–Kier alpha value is -0.480. The molecular weight excluding hydrogens is 254 g/mol. The highest BCUT2D eigenvalue weighted by Crippen LogP contribution is 2.16. The molecule has 0 amide bonds. The zero-order valence-electron chi connectivity index (χ0n) is 12.9. The highest BCUT2D eigenvalue weighted by molar-refractivity contribution is 7.99. The van der Waals surface area contributed by atoms with Crippen LogP contribution in [0.25, 0.3) is 0 Å². The van der Waals surface area contributed by atoms with Gasteiger partial charge in [0.2, 0.25) is 0 Å². The molecule has 0 aliphatic heterocycles. The van der Waals surface area contributed by atoms with Crippen LogP contribution in [0, 0.1) is 0 Å². The molecule has 1 N–H and O–H groups in total. The van der Waals surface area contributed by atoms with Crippen LogP contribution in [0.5, 0.6) is 0 Å². The summed E-state index contributed by atoms with van der Waals surface area (Å²) in [6.45, 7) is 11.1. The lowest BCUT2D eigenvalue weighted by Gasteiger charge is -2.20. The average Bonchev–Trinajstić information content (AvgIpc) is 2.88. The van der Waals surface area contributed by atoms with Crippen molar-refractivity contribution in [3.05, 3.63) is 18.2 Å². The molecule has 0 spiro atoms. The van der Waals surface area contributed by atoms with E-state index in [4.69, 9.17) is 0 Å². The van der Waals surface area contributed by atoms with Crippen LogP contribution in [-0.4, -0.2) is 33.1 Å². The van der Waals surface area contributed by atoms with E-state index in [1.807, 2.05) is 6.20 Å². The number of imidazole rings is 1. The molecule has 1 heterocycles. The Morgan fingerprint density at radius 3 is 2.79 bits per heavy atom. The Bertz CT molecular complexity index is 338. The number of aromatic nitrogens is 2. The Morgan fingerprint density at radius 2 is 2.16 bits per heavy atom. The minimum Gasteiger partial charge on any atom is -0.335 e. The number of rotatable bonds is 10. The number of nitrogens with zero attached hydrogens (tertiary/aromatic N) is 2. The molecule has 2 unspecified atom stereocenters. The van der Waals surface area contributed by atoms with E-state index in [2.05, 4.69) is 60.5 Å². The van der Waals surface area contributed by atoms with Gasteiger partial charge in [-0.2, -0.15) is 11.8 Å². The van der Waals surface area contributed by atoms with Crippen molar-refractivity contribution in [3.8, 4) is 0 Å². The van der Waals surface area contributed by atoms with E-state index in [9.17, 15) is 0 Å². The number of aryl methyl sites for hydroxylation is 1. The van der Waals surface area contributed by atoms with Crippen molar-refractivity contribution >= 4 is 11.8 Å². The van der Waals surface area contributed by atoms with Crippen LogP contribution in [0.3, 0.4) is 0 Å². The van der Waals surface area contributed by atoms with Crippen LogP contribution in [-0.2, 0) is 13.0 Å². The molecule has 1 aromatic heterocycles. The quantitative estimate of drug-likeness (QED) is 0.714. The summed E-state index contributed by atoms with van der Waals surface area (Å²) in [6.07, 6.45) is 7.46. The van der Waals surface area contributed by atoms with Crippen molar-refractivity contribution in [2.45, 2.75) is 64.8 Å². The topological polar surface area (TPSA) is 29.9 Å². The third-order valence-corrected chi connectivity index (χ3v) is 4.91. The van der Waals surface area contributed by atoms with E-state index in [1.165, 1.54) is 24.4 Å². The molecule has 2 atom stereocenters. The second-order valence-corrected chi connectivity index (χ2v) is 6.51. The Morgan fingerprint density at radius 1 is 1.37 bits per heavy atom. The first kappa shape index (κ1) is 16.6. The molecule has 0 aliphatic rings. The third kappa shape index (κ3) is 6.00. The molecule has 0 saturated carbocycles. The fraction of sp³-hybridized carbons (Fsp3) is 0.800. The van der Waals surface area contributed by atoms with E-state index >= 15 is 0 Å². The highest BCUT2D eigenvalue weighted by Gasteiger charge is 2.13. The van der Waals surface area contributed by atoms with Gasteiger partial charge in [-0.25, -0.2) is 4.98 Å². The molecule has 0 radical (unpaired) electrons. The predicted octanol–water partition coefficient (Wildman–Crippen LogP) is 3.35. The zero-order valence-corrected chi connectivity index (χ0v) is 13.7. The molecule has 0 aromatic carbocycles. The lowest BCUT2D eigenvalue weighted by atomic mass is 10.2. The number of nitrogens with one attached hydrogen (secondary N) is 1. The second kappa shape index (κ2) is 9.43. The van der Waals surface area contributed by atoms with Crippen LogP contribution in [0.15, 0.2) is 12.4 Å². The standard InChI is InChI=1S/C15H29N3S/c1-5-8-16-14(12-19-13(4)6-2)11-15-17-9-10-18(15)7-3/h9-10,13-14,16H,5-8,11-12H2,1-4H3. The normalized spacial score (nSPS) is 14.5. The van der Waals surface area contributed by atoms with Crippen molar-refractivity contribution in [1.82, 2.24) is 14.9 Å². The summed E-state index contributed by atoms with van der Waals surface area (Å²) in [5.74, 6) is 2.38. The summed E-state index contributed by atoms with van der Waals surface area (Å²) < 4.78 is 2.24. The summed E-state index contributed by atoms with van der Waals surface area (Å²) in [7, 11) is 0. The molecule has 0 bridgehead atoms. The molecule has 110 valence electrons. The average molecular weight is 283 g/mol. The molecule has 0 aliphatic carbocycles. The molecule has 1 aromatic rings. The van der Waals surface area contributed by atoms with E-state index in [1.54, 1.807) is 0 Å². The predicted molar refractivity (Wildman–Crippen MR) is 85.9 cm³/mol. The summed E-state index contributed by atoms with van der Waals surface area (Å²) >= 11 is 2.07. The van der Waals surface area contributed by atoms with Crippen molar-refractivity contribution < 1.29 is 0 Å². The van der Waals surface area contributed by atoms with Crippen molar-refractivity contribution in [3.63, 3.8) is 0 Å². The first-order valence-corrected chi connectivity index (χ1v) is 8.61. The minimum absolute atomic E-state index is 0.534. The SMILES string of the molecule is CCCNC(CSC(C)CC)Cc1nccn1CC. The number of hydrogen-bond donors (Lipinski definition) is 1. The van der Waals surface area contributed by atoms with E-state index < -0.39 is 0 Å². The maximum absolute atomic E-state index is 4.50. The van der Waals surface area contributed by atoms with Gasteiger partial charge in [-0.05, 0) is 26.3 Å². The summed E-state index contributed by atoms with van der Waals surface area (Å²) in [6, 6.07) is 0.534. The first-order valence-electron chi connectivity index (χ1n) is 7.56. The largest absolute Gasteiger partial charge is 0.335 e. The van der Waals surface area contributed by atoms with Gasteiger partial charge in [0.1, 0.15) is 5.82 Å². The fourth-order valence-electron chi connectivity index (χ4n) is 1.98. The van der Waals surface area contributed by atoms with E-state index in [-0.39, 0.29) is 0 Å². The van der Waals surface area contributed by atoms with Gasteiger partial charge in [-0.3, -0.25) is 0 Å². The van der Waals surface area contributed by atoms with Gasteiger partial charge < -0.3 is 9.88 Å². The van der Waals surface area contributed by atoms with Crippen molar-refractivity contribution in [1.29, 1.82) is 0 Å². The smallest absolute Gasteiger partial charge is 0.110 e. The molecule has 0 fully saturated rings. The van der Waals surface area contributed by atoms with Gasteiger partial charge >= 0.3 is 0 Å². The fourth-order valence-corrected chi connectivity index (χ4v) is 3.01. The zero-order chi connectivity index (χ0) is 14.1. The van der Waals surface area contributed by atoms with Crippen LogP contribution in [0.4, 0.5) is 0 Å². The first-order chi connectivity index (χ1) is 9.21. The molecular formula is C15H29N3S. The Kier molecular flexibility index (Phi) is 8.22. The lowest BCUT2D eigenvalue weighted by Crippen LogP contribution is -2.35. The number of thioether (sulfide) groups is 1. The lowest BCUT2D eigenvalue weighted by molar-refractivity contribution is 0.525. The minimum atomic E-state index is 0.534. The number of hydrogen-bond acceptors (Lipinski definition) is 3. The van der Waals surface area contributed by atoms with Crippen LogP contribution < -0.4 is 5.32 Å². The highest BCUT2D eigenvalue weighted by atomic mass is 32.2. The van der Waals surface area contributed by atoms with Crippen LogP contribution in [0.1, 0.15) is 46.4 Å². The summed E-state index contributed by atoms with van der Waals surface area (Å²) in [5, 5.41) is 4.41. The van der Waals surface area contributed by atoms with Crippen molar-refractivity contribution in [2.24, 2.45) is 0 Å². The van der Waals surface area contributed by atoms with Crippen LogP contribution >= 0.6 is 11.8 Å². The second-order valence-electron chi connectivity index (χ2n) is 5.04. The van der Waals surface area contributed by atoms with Crippen molar-refractivity contribution in [2.75, 3.05) is 12.3 Å². The van der Waals surface area contributed by atoms with Gasteiger partial charge in [0.05, 0.1) is 0 Å². The van der Waals surface area contributed by atoms with Gasteiger partial charge in [-0.1, -0.05) is 20.8 Å². The molecule has 0 saturated heterocycles. The van der Waals surface area contributed by atoms with Gasteiger partial charge in [0.25, 0.3) is 0 Å². The van der Waals surface area contributed by atoms with Crippen LogP contribution in [0.2, 0.25) is 0 Å². The maximum atomic E-state index is 4.50. The van der Waals surface area contributed by atoms with Gasteiger partial charge in [0.15, 0.2) is 0 Å². The summed E-state index contributed by atoms with van der Waals surface area (Å²) in [5.41, 5.74) is 0. The monoisotopic (exact) mass is 283 g/mol.